The van der Waals surface area contributed by atoms with Crippen molar-refractivity contribution in [3.8, 4) is 11.3 Å². The fraction of sp³-hybridized carbons (Fsp3) is 0.407. The van der Waals surface area contributed by atoms with Crippen LogP contribution in [0.5, 0.6) is 0 Å². The smallest absolute Gasteiger partial charge is 0.229 e. The molecule has 0 radical (unpaired) electrons. The van der Waals surface area contributed by atoms with Crippen molar-refractivity contribution in [2.75, 3.05) is 31.5 Å². The van der Waals surface area contributed by atoms with Gasteiger partial charge in [0.1, 0.15) is 22.9 Å². The van der Waals surface area contributed by atoms with E-state index in [1.54, 1.807) is 6.07 Å². The van der Waals surface area contributed by atoms with Gasteiger partial charge in [0.2, 0.25) is 5.95 Å². The number of imidazole rings is 1. The van der Waals surface area contributed by atoms with E-state index in [0.717, 1.165) is 63.2 Å². The predicted octanol–water partition coefficient (Wildman–Crippen LogP) is 4.14. The van der Waals surface area contributed by atoms with E-state index >= 15 is 0 Å². The molecule has 0 saturated carbocycles. The lowest BCUT2D eigenvalue weighted by atomic mass is 10.1. The maximum absolute atomic E-state index is 14.9. The fourth-order valence-corrected chi connectivity index (χ4v) is 6.00. The molecule has 0 amide bonds. The summed E-state index contributed by atoms with van der Waals surface area (Å²) in [7, 11) is 0. The second-order valence-electron chi connectivity index (χ2n) is 10.2. The lowest BCUT2D eigenvalue weighted by molar-refractivity contribution is 0.0993. The first-order valence-corrected chi connectivity index (χ1v) is 13.0. The van der Waals surface area contributed by atoms with Crippen molar-refractivity contribution >= 4 is 22.8 Å². The standard InChI is InChI=1S/C27H28F2N8/c28-20-11-18(12-22-26(20)33-24-4-2-8-37(22)24)25-21(29)14-31-27(34-25)32-23-6-5-17(13-30-23)15-35-9-10-36-7-1-3-19(36)16-35/h5-6,11-14,19H,1-4,7-10,15-16H2,(H,30,31,32,34)/t19-/m1/s1. The zero-order chi connectivity index (χ0) is 24.9. The SMILES string of the molecule is Fc1cnc(Nc2ccc(CN3CCN4CCC[C@@H]4C3)cn2)nc1-c1cc(F)c2nc3n(c2c1)CCC3. The average molecular weight is 503 g/mol. The van der Waals surface area contributed by atoms with E-state index in [1.165, 1.54) is 25.5 Å². The molecule has 1 aromatic carbocycles. The Morgan fingerprint density at radius 3 is 2.78 bits per heavy atom. The Kier molecular flexibility index (Phi) is 5.58. The highest BCUT2D eigenvalue weighted by Gasteiger charge is 2.30. The van der Waals surface area contributed by atoms with Crippen molar-refractivity contribution in [2.24, 2.45) is 0 Å². The van der Waals surface area contributed by atoms with Crippen LogP contribution in [0.15, 0.2) is 36.7 Å². The Hall–Kier alpha value is -3.50. The molecule has 0 spiro atoms. The molecule has 3 aliphatic rings. The van der Waals surface area contributed by atoms with Gasteiger partial charge in [0, 0.05) is 56.9 Å². The second kappa shape index (κ2) is 9.11. The molecule has 6 heterocycles. The monoisotopic (exact) mass is 502 g/mol. The zero-order valence-corrected chi connectivity index (χ0v) is 20.5. The van der Waals surface area contributed by atoms with E-state index in [-0.39, 0.29) is 11.6 Å². The van der Waals surface area contributed by atoms with Gasteiger partial charge in [0.05, 0.1) is 11.7 Å². The Morgan fingerprint density at radius 2 is 1.89 bits per heavy atom. The van der Waals surface area contributed by atoms with Crippen molar-refractivity contribution in [1.29, 1.82) is 0 Å². The van der Waals surface area contributed by atoms with Gasteiger partial charge in [-0.15, -0.1) is 0 Å². The summed E-state index contributed by atoms with van der Waals surface area (Å²) in [6.45, 7) is 6.23. The van der Waals surface area contributed by atoms with Gasteiger partial charge < -0.3 is 9.88 Å². The van der Waals surface area contributed by atoms with Gasteiger partial charge in [-0.3, -0.25) is 9.80 Å². The van der Waals surface area contributed by atoms with Gasteiger partial charge in [0.25, 0.3) is 0 Å². The van der Waals surface area contributed by atoms with Gasteiger partial charge in [-0.2, -0.15) is 0 Å². The third kappa shape index (κ3) is 4.23. The van der Waals surface area contributed by atoms with Crippen LogP contribution in [-0.4, -0.2) is 66.5 Å². The lowest BCUT2D eigenvalue weighted by Crippen LogP contribution is -2.49. The van der Waals surface area contributed by atoms with Crippen LogP contribution in [0.1, 0.15) is 30.7 Å². The number of benzene rings is 1. The molecule has 4 aromatic rings. The van der Waals surface area contributed by atoms with Crippen LogP contribution in [0.2, 0.25) is 0 Å². The van der Waals surface area contributed by atoms with Crippen molar-refractivity contribution in [1.82, 2.24) is 34.3 Å². The van der Waals surface area contributed by atoms with Crippen LogP contribution in [0.4, 0.5) is 20.5 Å². The van der Waals surface area contributed by atoms with Crippen molar-refractivity contribution in [2.45, 2.75) is 44.8 Å². The van der Waals surface area contributed by atoms with Gasteiger partial charge in [-0.05, 0) is 49.6 Å². The number of halogens is 2. The number of aromatic nitrogens is 5. The molecular formula is C27H28F2N8. The van der Waals surface area contributed by atoms with Gasteiger partial charge >= 0.3 is 0 Å². The summed E-state index contributed by atoms with van der Waals surface area (Å²) in [5, 5.41) is 3.06. The van der Waals surface area contributed by atoms with Crippen LogP contribution in [0.3, 0.4) is 0 Å². The Balaban J connectivity index is 1.09. The molecule has 0 unspecified atom stereocenters. The second-order valence-corrected chi connectivity index (χ2v) is 10.2. The van der Waals surface area contributed by atoms with Crippen LogP contribution in [0, 0.1) is 11.6 Å². The van der Waals surface area contributed by atoms with Crippen molar-refractivity contribution in [3.63, 3.8) is 0 Å². The number of nitrogens with zero attached hydrogens (tertiary/aromatic N) is 7. The predicted molar refractivity (Wildman–Crippen MR) is 136 cm³/mol. The molecule has 2 fully saturated rings. The molecule has 1 atom stereocenters. The maximum atomic E-state index is 14.9. The van der Waals surface area contributed by atoms with Crippen LogP contribution in [0.25, 0.3) is 22.3 Å². The quantitative estimate of drug-likeness (QED) is 0.440. The number of piperazine rings is 1. The van der Waals surface area contributed by atoms with Crippen LogP contribution in [-0.2, 0) is 19.5 Å². The van der Waals surface area contributed by atoms with E-state index in [2.05, 4.69) is 35.1 Å². The third-order valence-corrected chi connectivity index (χ3v) is 7.83. The minimum atomic E-state index is -0.615. The summed E-state index contributed by atoms with van der Waals surface area (Å²) >= 11 is 0. The number of hydrogen-bond donors (Lipinski definition) is 1. The molecule has 190 valence electrons. The van der Waals surface area contributed by atoms with Crippen molar-refractivity contribution < 1.29 is 8.78 Å². The minimum absolute atomic E-state index is 0.0366. The van der Waals surface area contributed by atoms with E-state index in [0.29, 0.717) is 28.5 Å². The van der Waals surface area contributed by atoms with E-state index < -0.39 is 11.6 Å². The largest absolute Gasteiger partial charge is 0.328 e. The summed E-state index contributed by atoms with van der Waals surface area (Å²) in [6, 6.07) is 7.67. The highest BCUT2D eigenvalue weighted by atomic mass is 19.1. The highest BCUT2D eigenvalue weighted by molar-refractivity contribution is 5.83. The average Bonchev–Trinajstić information content (AvgIpc) is 3.63. The molecular weight excluding hydrogens is 474 g/mol. The number of fused-ring (bicyclic) bond motifs is 4. The molecule has 37 heavy (non-hydrogen) atoms. The summed E-state index contributed by atoms with van der Waals surface area (Å²) in [6.07, 6.45) is 7.36. The summed E-state index contributed by atoms with van der Waals surface area (Å²) in [5.74, 6) is 0.543. The fourth-order valence-electron chi connectivity index (χ4n) is 6.00. The molecule has 8 nitrogen and oxygen atoms in total. The molecule has 3 aromatic heterocycles. The Bertz CT molecular complexity index is 1470. The number of pyridine rings is 1. The molecule has 3 aliphatic heterocycles. The van der Waals surface area contributed by atoms with E-state index in [1.807, 2.05) is 22.9 Å². The molecule has 2 saturated heterocycles. The summed E-state index contributed by atoms with van der Waals surface area (Å²) in [5.41, 5.74) is 2.53. The maximum Gasteiger partial charge on any atom is 0.229 e. The number of nitrogens with one attached hydrogen (secondary N) is 1. The molecule has 1 N–H and O–H groups in total. The third-order valence-electron chi connectivity index (χ3n) is 7.83. The molecule has 0 aliphatic carbocycles. The van der Waals surface area contributed by atoms with Crippen LogP contribution < -0.4 is 5.32 Å². The topological polar surface area (TPSA) is 75.0 Å². The Morgan fingerprint density at radius 1 is 0.946 bits per heavy atom. The first-order chi connectivity index (χ1) is 18.1. The minimum Gasteiger partial charge on any atom is -0.328 e. The van der Waals surface area contributed by atoms with Gasteiger partial charge in [-0.1, -0.05) is 6.07 Å². The number of aryl methyl sites for hydroxylation is 2. The number of hydrogen-bond acceptors (Lipinski definition) is 7. The Labute approximate surface area is 213 Å². The van der Waals surface area contributed by atoms with Crippen molar-refractivity contribution in [3.05, 3.63) is 59.7 Å². The van der Waals surface area contributed by atoms with E-state index in [4.69, 9.17) is 0 Å². The first-order valence-electron chi connectivity index (χ1n) is 13.0. The highest BCUT2D eigenvalue weighted by Crippen LogP contribution is 2.31. The molecule has 7 rings (SSSR count). The normalized spacial score (nSPS) is 19.9. The van der Waals surface area contributed by atoms with Crippen LogP contribution >= 0.6 is 0 Å². The zero-order valence-electron chi connectivity index (χ0n) is 20.5. The first kappa shape index (κ1) is 22.7. The lowest BCUT2D eigenvalue weighted by Gasteiger charge is -2.37. The summed E-state index contributed by atoms with van der Waals surface area (Å²) < 4.78 is 31.6. The number of anilines is 2. The summed E-state index contributed by atoms with van der Waals surface area (Å²) in [4.78, 5) is 22.5. The number of rotatable bonds is 5. The van der Waals surface area contributed by atoms with Gasteiger partial charge in [0.15, 0.2) is 11.6 Å². The molecule has 10 heteroatoms. The van der Waals surface area contributed by atoms with E-state index in [9.17, 15) is 8.78 Å². The molecule has 0 bridgehead atoms. The van der Waals surface area contributed by atoms with Gasteiger partial charge in [-0.25, -0.2) is 28.7 Å².